The van der Waals surface area contributed by atoms with E-state index in [4.69, 9.17) is 4.74 Å². The summed E-state index contributed by atoms with van der Waals surface area (Å²) in [5, 5.41) is 5.12. The second-order valence-electron chi connectivity index (χ2n) is 4.07. The Morgan fingerprint density at radius 1 is 1.41 bits per heavy atom. The predicted octanol–water partition coefficient (Wildman–Crippen LogP) is 2.87. The van der Waals surface area contributed by atoms with Crippen LogP contribution >= 0.6 is 22.6 Å². The third-order valence-electron chi connectivity index (χ3n) is 2.95. The third kappa shape index (κ3) is 1.93. The molecular formula is C11H11FIN3O. The van der Waals surface area contributed by atoms with Crippen molar-refractivity contribution in [2.24, 2.45) is 0 Å². The van der Waals surface area contributed by atoms with Crippen LogP contribution in [0.2, 0.25) is 0 Å². The van der Waals surface area contributed by atoms with Gasteiger partial charge in [-0.2, -0.15) is 5.10 Å². The van der Waals surface area contributed by atoms with Crippen molar-refractivity contribution in [3.05, 3.63) is 21.9 Å². The van der Waals surface area contributed by atoms with Crippen molar-refractivity contribution in [2.75, 3.05) is 6.61 Å². The van der Waals surface area contributed by atoms with Gasteiger partial charge in [-0.15, -0.1) is 0 Å². The van der Waals surface area contributed by atoms with Gasteiger partial charge in [-0.3, -0.25) is 4.98 Å². The SMILES string of the molecule is Fc1cncc2c(I)nn(C3CCCCO3)c12. The Morgan fingerprint density at radius 2 is 2.29 bits per heavy atom. The molecular weight excluding hydrogens is 336 g/mol. The molecule has 0 amide bonds. The van der Waals surface area contributed by atoms with Crippen LogP contribution in [0.3, 0.4) is 0 Å². The lowest BCUT2D eigenvalue weighted by Gasteiger charge is -2.23. The molecule has 4 nitrogen and oxygen atoms in total. The zero-order chi connectivity index (χ0) is 11.8. The highest BCUT2D eigenvalue weighted by Gasteiger charge is 2.22. The molecule has 0 bridgehead atoms. The van der Waals surface area contributed by atoms with E-state index in [0.717, 1.165) is 35.0 Å². The van der Waals surface area contributed by atoms with Gasteiger partial charge in [0.2, 0.25) is 0 Å². The molecule has 1 atom stereocenters. The molecule has 3 rings (SSSR count). The number of rotatable bonds is 1. The summed E-state index contributed by atoms with van der Waals surface area (Å²) in [5.41, 5.74) is 0.497. The largest absolute Gasteiger partial charge is 0.356 e. The Morgan fingerprint density at radius 3 is 3.06 bits per heavy atom. The molecule has 0 N–H and O–H groups in total. The van der Waals surface area contributed by atoms with Crippen molar-refractivity contribution in [2.45, 2.75) is 25.5 Å². The maximum atomic E-state index is 13.8. The number of hydrogen-bond acceptors (Lipinski definition) is 3. The summed E-state index contributed by atoms with van der Waals surface area (Å²) in [6.45, 7) is 0.718. The van der Waals surface area contributed by atoms with E-state index in [1.54, 1.807) is 10.9 Å². The number of ether oxygens (including phenoxy) is 1. The highest BCUT2D eigenvalue weighted by Crippen LogP contribution is 2.29. The number of pyridine rings is 1. The minimum atomic E-state index is -0.341. The molecule has 0 saturated carbocycles. The molecule has 0 spiro atoms. The van der Waals surface area contributed by atoms with Gasteiger partial charge in [-0.25, -0.2) is 9.07 Å². The van der Waals surface area contributed by atoms with Crippen molar-refractivity contribution >= 4 is 33.5 Å². The van der Waals surface area contributed by atoms with Gasteiger partial charge < -0.3 is 4.74 Å². The fraction of sp³-hybridized carbons (Fsp3) is 0.455. The lowest BCUT2D eigenvalue weighted by Crippen LogP contribution is -2.19. The smallest absolute Gasteiger partial charge is 0.167 e. The normalized spacial score (nSPS) is 20.9. The van der Waals surface area contributed by atoms with E-state index in [0.29, 0.717) is 5.52 Å². The lowest BCUT2D eigenvalue weighted by molar-refractivity contribution is -0.0371. The van der Waals surface area contributed by atoms with Crippen LogP contribution in [0.5, 0.6) is 0 Å². The summed E-state index contributed by atoms with van der Waals surface area (Å²) < 4.78 is 21.9. The topological polar surface area (TPSA) is 39.9 Å². The second-order valence-corrected chi connectivity index (χ2v) is 5.10. The van der Waals surface area contributed by atoms with Gasteiger partial charge in [-0.05, 0) is 41.9 Å². The zero-order valence-corrected chi connectivity index (χ0v) is 11.2. The van der Waals surface area contributed by atoms with E-state index in [-0.39, 0.29) is 12.0 Å². The van der Waals surface area contributed by atoms with Gasteiger partial charge in [0.15, 0.2) is 12.0 Å². The van der Waals surface area contributed by atoms with Crippen molar-refractivity contribution in [3.63, 3.8) is 0 Å². The van der Waals surface area contributed by atoms with Gasteiger partial charge in [0.1, 0.15) is 9.22 Å². The maximum Gasteiger partial charge on any atom is 0.167 e. The van der Waals surface area contributed by atoms with Crippen molar-refractivity contribution in [1.82, 2.24) is 14.8 Å². The predicted molar refractivity (Wildman–Crippen MR) is 69.0 cm³/mol. The van der Waals surface area contributed by atoms with Gasteiger partial charge in [0.25, 0.3) is 0 Å². The molecule has 0 aliphatic carbocycles. The van der Waals surface area contributed by atoms with E-state index >= 15 is 0 Å². The monoisotopic (exact) mass is 347 g/mol. The first-order valence-electron chi connectivity index (χ1n) is 5.56. The van der Waals surface area contributed by atoms with E-state index in [1.807, 2.05) is 0 Å². The number of aromatic nitrogens is 3. The quantitative estimate of drug-likeness (QED) is 0.745. The molecule has 2 aromatic heterocycles. The number of fused-ring (bicyclic) bond motifs is 1. The molecule has 1 aliphatic rings. The fourth-order valence-electron chi connectivity index (χ4n) is 2.14. The van der Waals surface area contributed by atoms with Crippen molar-refractivity contribution in [1.29, 1.82) is 0 Å². The molecule has 1 saturated heterocycles. The van der Waals surface area contributed by atoms with Gasteiger partial charge in [0.05, 0.1) is 11.6 Å². The molecule has 1 fully saturated rings. The van der Waals surface area contributed by atoms with Gasteiger partial charge >= 0.3 is 0 Å². The van der Waals surface area contributed by atoms with E-state index in [2.05, 4.69) is 32.7 Å². The first-order chi connectivity index (χ1) is 8.27. The Kier molecular flexibility index (Phi) is 2.99. The van der Waals surface area contributed by atoms with Crippen LogP contribution in [0.25, 0.3) is 10.9 Å². The number of halogens is 2. The zero-order valence-electron chi connectivity index (χ0n) is 9.07. The number of hydrogen-bond donors (Lipinski definition) is 0. The number of nitrogens with zero attached hydrogens (tertiary/aromatic N) is 3. The summed E-state index contributed by atoms with van der Waals surface area (Å²) in [6, 6.07) is 0. The Labute approximate surface area is 111 Å². The van der Waals surface area contributed by atoms with Crippen molar-refractivity contribution in [3.8, 4) is 0 Å². The molecule has 17 heavy (non-hydrogen) atoms. The Hall–Kier alpha value is -0.760. The molecule has 0 radical (unpaired) electrons. The first-order valence-corrected chi connectivity index (χ1v) is 6.64. The van der Waals surface area contributed by atoms with Crippen LogP contribution < -0.4 is 0 Å². The van der Waals surface area contributed by atoms with Crippen LogP contribution in [-0.4, -0.2) is 21.4 Å². The minimum absolute atomic E-state index is 0.147. The average Bonchev–Trinajstić information content (AvgIpc) is 2.70. The fourth-order valence-corrected chi connectivity index (χ4v) is 2.76. The molecule has 6 heteroatoms. The summed E-state index contributed by atoms with van der Waals surface area (Å²) in [4.78, 5) is 3.86. The standard InChI is InChI=1S/C11H11FIN3O/c12-8-6-14-5-7-10(8)16(15-11(7)13)9-3-1-2-4-17-9/h5-6,9H,1-4H2. The lowest BCUT2D eigenvalue weighted by atomic mass is 10.2. The van der Waals surface area contributed by atoms with Crippen LogP contribution in [0.15, 0.2) is 12.4 Å². The molecule has 2 aromatic rings. The summed E-state index contributed by atoms with van der Waals surface area (Å²) in [7, 11) is 0. The van der Waals surface area contributed by atoms with Crippen molar-refractivity contribution < 1.29 is 9.13 Å². The van der Waals surface area contributed by atoms with E-state index in [9.17, 15) is 4.39 Å². The highest BCUT2D eigenvalue weighted by molar-refractivity contribution is 14.1. The highest BCUT2D eigenvalue weighted by atomic mass is 127. The van der Waals surface area contributed by atoms with Crippen LogP contribution in [0, 0.1) is 9.52 Å². The molecule has 1 aliphatic heterocycles. The Balaban J connectivity index is 2.15. The third-order valence-corrected chi connectivity index (χ3v) is 3.75. The summed E-state index contributed by atoms with van der Waals surface area (Å²) >= 11 is 2.10. The van der Waals surface area contributed by atoms with Gasteiger partial charge in [0, 0.05) is 12.8 Å². The maximum absolute atomic E-state index is 13.8. The first kappa shape index (κ1) is 11.3. The van der Waals surface area contributed by atoms with Crippen LogP contribution in [0.1, 0.15) is 25.5 Å². The molecule has 0 aromatic carbocycles. The molecule has 3 heterocycles. The van der Waals surface area contributed by atoms with Crippen LogP contribution in [-0.2, 0) is 4.74 Å². The molecule has 90 valence electrons. The molecule has 1 unspecified atom stereocenters. The second kappa shape index (κ2) is 4.49. The minimum Gasteiger partial charge on any atom is -0.356 e. The van der Waals surface area contributed by atoms with E-state index < -0.39 is 0 Å². The average molecular weight is 347 g/mol. The Bertz CT molecular complexity index is 551. The van der Waals surface area contributed by atoms with Crippen LogP contribution in [0.4, 0.5) is 4.39 Å². The summed E-state index contributed by atoms with van der Waals surface area (Å²) in [6.07, 6.45) is 5.76. The van der Waals surface area contributed by atoms with E-state index in [1.165, 1.54) is 6.20 Å². The summed E-state index contributed by atoms with van der Waals surface area (Å²) in [5.74, 6) is -0.341. The van der Waals surface area contributed by atoms with Gasteiger partial charge in [-0.1, -0.05) is 0 Å².